The third-order valence-electron chi connectivity index (χ3n) is 1.98. The Kier molecular flexibility index (Phi) is 3.05. The standard InChI is InChI=1S/C11H11NO3S/c1-3-14-11(13)8-6-9(15-12-8)10-5-4-7(2)16-10/h4-6H,3H2,1-2H3. The van der Waals surface area contributed by atoms with Gasteiger partial charge in [0, 0.05) is 10.9 Å². The maximum atomic E-state index is 11.4. The molecule has 0 amide bonds. The molecule has 0 saturated heterocycles. The molecule has 0 N–H and O–H groups in total. The molecule has 0 bridgehead atoms. The van der Waals surface area contributed by atoms with Gasteiger partial charge in [-0.2, -0.15) is 0 Å². The van der Waals surface area contributed by atoms with Gasteiger partial charge in [0.1, 0.15) is 0 Å². The van der Waals surface area contributed by atoms with Crippen LogP contribution in [-0.2, 0) is 4.74 Å². The van der Waals surface area contributed by atoms with Gasteiger partial charge in [-0.1, -0.05) is 5.16 Å². The molecule has 0 saturated carbocycles. The topological polar surface area (TPSA) is 52.3 Å². The van der Waals surface area contributed by atoms with Crippen molar-refractivity contribution in [1.29, 1.82) is 0 Å². The first-order valence-corrected chi connectivity index (χ1v) is 5.73. The van der Waals surface area contributed by atoms with E-state index < -0.39 is 5.97 Å². The van der Waals surface area contributed by atoms with Gasteiger partial charge in [-0.25, -0.2) is 4.79 Å². The lowest BCUT2D eigenvalue weighted by molar-refractivity contribution is 0.0514. The lowest BCUT2D eigenvalue weighted by Crippen LogP contribution is -2.04. The molecule has 0 atom stereocenters. The summed E-state index contributed by atoms with van der Waals surface area (Å²) in [6.45, 7) is 4.09. The van der Waals surface area contributed by atoms with Crippen LogP contribution in [0.1, 0.15) is 22.3 Å². The summed E-state index contributed by atoms with van der Waals surface area (Å²) < 4.78 is 9.92. The van der Waals surface area contributed by atoms with E-state index in [9.17, 15) is 4.79 Å². The molecule has 0 fully saturated rings. The molecule has 0 spiro atoms. The van der Waals surface area contributed by atoms with Crippen LogP contribution in [-0.4, -0.2) is 17.7 Å². The molecule has 0 aliphatic heterocycles. The minimum absolute atomic E-state index is 0.211. The Hall–Kier alpha value is -1.62. The Morgan fingerprint density at radius 1 is 1.56 bits per heavy atom. The van der Waals surface area contributed by atoms with Crippen LogP contribution in [0, 0.1) is 6.92 Å². The second-order valence-electron chi connectivity index (χ2n) is 3.21. The maximum absolute atomic E-state index is 11.4. The van der Waals surface area contributed by atoms with Crippen LogP contribution in [0.4, 0.5) is 0 Å². The summed E-state index contributed by atoms with van der Waals surface area (Å²) in [6, 6.07) is 5.53. The van der Waals surface area contributed by atoms with Crippen molar-refractivity contribution < 1.29 is 14.1 Å². The average Bonchev–Trinajstić information content (AvgIpc) is 2.85. The molecule has 2 heterocycles. The van der Waals surface area contributed by atoms with E-state index in [-0.39, 0.29) is 5.69 Å². The van der Waals surface area contributed by atoms with Crippen LogP contribution in [0.15, 0.2) is 22.7 Å². The summed E-state index contributed by atoms with van der Waals surface area (Å²) in [5.41, 5.74) is 0.211. The summed E-state index contributed by atoms with van der Waals surface area (Å²) in [4.78, 5) is 13.5. The number of hydrogen-bond acceptors (Lipinski definition) is 5. The van der Waals surface area contributed by atoms with Gasteiger partial charge in [-0.05, 0) is 26.0 Å². The molecule has 0 radical (unpaired) electrons. The fourth-order valence-corrected chi connectivity index (χ4v) is 2.08. The molecule has 5 heteroatoms. The van der Waals surface area contributed by atoms with Crippen molar-refractivity contribution in [2.75, 3.05) is 6.61 Å². The van der Waals surface area contributed by atoms with E-state index in [4.69, 9.17) is 9.26 Å². The van der Waals surface area contributed by atoms with E-state index in [1.807, 2.05) is 19.1 Å². The predicted octanol–water partition coefficient (Wildman–Crippen LogP) is 2.89. The Labute approximate surface area is 96.8 Å². The first-order valence-electron chi connectivity index (χ1n) is 4.91. The van der Waals surface area contributed by atoms with Crippen molar-refractivity contribution in [3.05, 3.63) is 28.8 Å². The van der Waals surface area contributed by atoms with Crippen molar-refractivity contribution in [2.24, 2.45) is 0 Å². The molecular weight excluding hydrogens is 226 g/mol. The summed E-state index contributed by atoms with van der Waals surface area (Å²) >= 11 is 1.59. The molecule has 0 aromatic carbocycles. The number of carbonyl (C=O) groups excluding carboxylic acids is 1. The highest BCUT2D eigenvalue weighted by Gasteiger charge is 2.15. The molecule has 0 aliphatic carbocycles. The number of ether oxygens (including phenoxy) is 1. The number of thiophene rings is 1. The summed E-state index contributed by atoms with van der Waals surface area (Å²) in [6.07, 6.45) is 0. The maximum Gasteiger partial charge on any atom is 0.360 e. The summed E-state index contributed by atoms with van der Waals surface area (Å²) in [5.74, 6) is 0.145. The van der Waals surface area contributed by atoms with Crippen LogP contribution in [0.3, 0.4) is 0 Å². The SMILES string of the molecule is CCOC(=O)c1cc(-c2ccc(C)s2)on1. The van der Waals surface area contributed by atoms with Crippen molar-refractivity contribution in [1.82, 2.24) is 5.16 Å². The molecular formula is C11H11NO3S. The van der Waals surface area contributed by atoms with E-state index in [1.54, 1.807) is 24.3 Å². The Bertz CT molecular complexity index is 501. The number of hydrogen-bond donors (Lipinski definition) is 0. The molecule has 2 rings (SSSR count). The first kappa shape index (κ1) is 10.9. The molecule has 0 aliphatic rings. The van der Waals surface area contributed by atoms with Gasteiger partial charge in [-0.15, -0.1) is 11.3 Å². The van der Waals surface area contributed by atoms with E-state index in [0.717, 1.165) is 4.88 Å². The van der Waals surface area contributed by atoms with E-state index in [0.29, 0.717) is 12.4 Å². The van der Waals surface area contributed by atoms with Crippen molar-refractivity contribution in [3.63, 3.8) is 0 Å². The molecule has 2 aromatic rings. The van der Waals surface area contributed by atoms with Crippen LogP contribution in [0.2, 0.25) is 0 Å². The lowest BCUT2D eigenvalue weighted by Gasteiger charge is -1.94. The second kappa shape index (κ2) is 4.49. The predicted molar refractivity (Wildman–Crippen MR) is 60.5 cm³/mol. The molecule has 4 nitrogen and oxygen atoms in total. The minimum atomic E-state index is -0.453. The highest BCUT2D eigenvalue weighted by atomic mass is 32.1. The fraction of sp³-hybridized carbons (Fsp3) is 0.273. The quantitative estimate of drug-likeness (QED) is 0.770. The monoisotopic (exact) mass is 237 g/mol. The normalized spacial score (nSPS) is 10.4. The smallest absolute Gasteiger partial charge is 0.360 e. The number of carbonyl (C=O) groups is 1. The largest absolute Gasteiger partial charge is 0.461 e. The molecule has 2 aromatic heterocycles. The Balaban J connectivity index is 2.22. The van der Waals surface area contributed by atoms with E-state index in [1.165, 1.54) is 4.88 Å². The van der Waals surface area contributed by atoms with Crippen LogP contribution in [0.25, 0.3) is 10.6 Å². The number of nitrogens with zero attached hydrogens (tertiary/aromatic N) is 1. The van der Waals surface area contributed by atoms with Crippen molar-refractivity contribution in [2.45, 2.75) is 13.8 Å². The third-order valence-corrected chi connectivity index (χ3v) is 2.99. The van der Waals surface area contributed by atoms with E-state index >= 15 is 0 Å². The van der Waals surface area contributed by atoms with Gasteiger partial charge >= 0.3 is 5.97 Å². The molecule has 84 valence electrons. The average molecular weight is 237 g/mol. The lowest BCUT2D eigenvalue weighted by atomic mass is 10.3. The van der Waals surface area contributed by atoms with Crippen molar-refractivity contribution >= 4 is 17.3 Å². The van der Waals surface area contributed by atoms with Gasteiger partial charge in [0.25, 0.3) is 0 Å². The zero-order valence-electron chi connectivity index (χ0n) is 9.02. The van der Waals surface area contributed by atoms with E-state index in [2.05, 4.69) is 5.16 Å². The van der Waals surface area contributed by atoms with Gasteiger partial charge in [0.05, 0.1) is 11.5 Å². The van der Waals surface area contributed by atoms with Crippen molar-refractivity contribution in [3.8, 4) is 10.6 Å². The number of aryl methyl sites for hydroxylation is 1. The summed E-state index contributed by atoms with van der Waals surface area (Å²) in [5, 5.41) is 3.68. The van der Waals surface area contributed by atoms with Crippen LogP contribution < -0.4 is 0 Å². The fourth-order valence-electron chi connectivity index (χ4n) is 1.26. The van der Waals surface area contributed by atoms with Gasteiger partial charge < -0.3 is 9.26 Å². The van der Waals surface area contributed by atoms with Gasteiger partial charge in [0.15, 0.2) is 11.5 Å². The highest BCUT2D eigenvalue weighted by Crippen LogP contribution is 2.28. The number of esters is 1. The van der Waals surface area contributed by atoms with Gasteiger partial charge in [-0.3, -0.25) is 0 Å². The number of aromatic nitrogens is 1. The third kappa shape index (κ3) is 2.14. The Morgan fingerprint density at radius 3 is 3.00 bits per heavy atom. The van der Waals surface area contributed by atoms with Crippen LogP contribution >= 0.6 is 11.3 Å². The Morgan fingerprint density at radius 2 is 2.38 bits per heavy atom. The zero-order valence-corrected chi connectivity index (χ0v) is 9.84. The highest BCUT2D eigenvalue weighted by molar-refractivity contribution is 7.15. The molecule has 16 heavy (non-hydrogen) atoms. The first-order chi connectivity index (χ1) is 7.70. The molecule has 0 unspecified atom stereocenters. The second-order valence-corrected chi connectivity index (χ2v) is 4.50. The summed E-state index contributed by atoms with van der Waals surface area (Å²) in [7, 11) is 0. The minimum Gasteiger partial charge on any atom is -0.461 e. The zero-order chi connectivity index (χ0) is 11.5. The number of rotatable bonds is 3. The van der Waals surface area contributed by atoms with Crippen LogP contribution in [0.5, 0.6) is 0 Å². The van der Waals surface area contributed by atoms with Gasteiger partial charge in [0.2, 0.25) is 0 Å².